The van der Waals surface area contributed by atoms with Gasteiger partial charge in [-0.25, -0.2) is 14.2 Å². The topological polar surface area (TPSA) is 83.5 Å². The summed E-state index contributed by atoms with van der Waals surface area (Å²) in [6.45, 7) is -0.509. The summed E-state index contributed by atoms with van der Waals surface area (Å²) in [6.07, 6.45) is 1.48. The molecule has 2 aromatic rings. The van der Waals surface area contributed by atoms with Crippen LogP contribution in [0.3, 0.4) is 0 Å². The van der Waals surface area contributed by atoms with Crippen molar-refractivity contribution in [2.45, 2.75) is 6.61 Å². The van der Waals surface area contributed by atoms with E-state index < -0.39 is 18.5 Å². The number of nitrogens with zero attached hydrogens (tertiary/aromatic N) is 1. The number of aliphatic hydroxyl groups is 1. The highest BCUT2D eigenvalue weighted by molar-refractivity contribution is 6.00. The molecule has 0 bridgehead atoms. The maximum Gasteiger partial charge on any atom is 0.323 e. The zero-order valence-corrected chi connectivity index (χ0v) is 11.3. The lowest BCUT2D eigenvalue weighted by molar-refractivity contribution is 0.261. The molecule has 0 saturated heterocycles. The van der Waals surface area contributed by atoms with E-state index in [9.17, 15) is 9.18 Å². The Bertz CT molecular complexity index is 649. The molecule has 0 atom stereocenters. The minimum absolute atomic E-state index is 0.0277. The molecule has 0 aliphatic heterocycles. The van der Waals surface area contributed by atoms with Crippen LogP contribution in [0.4, 0.5) is 20.6 Å². The van der Waals surface area contributed by atoms with Crippen LogP contribution in [0.1, 0.15) is 5.56 Å². The van der Waals surface area contributed by atoms with Crippen molar-refractivity contribution in [1.29, 1.82) is 0 Å². The van der Waals surface area contributed by atoms with Crippen molar-refractivity contribution < 1.29 is 19.0 Å². The van der Waals surface area contributed by atoms with E-state index in [0.29, 0.717) is 11.6 Å². The zero-order chi connectivity index (χ0) is 15.2. The molecule has 1 aromatic heterocycles. The molecule has 0 unspecified atom stereocenters. The molecule has 2 amide bonds. The molecule has 21 heavy (non-hydrogen) atoms. The lowest BCUT2D eigenvalue weighted by Gasteiger charge is -2.11. The highest BCUT2D eigenvalue weighted by atomic mass is 19.1. The Morgan fingerprint density at radius 1 is 1.38 bits per heavy atom. The molecule has 1 heterocycles. The van der Waals surface area contributed by atoms with E-state index in [2.05, 4.69) is 15.6 Å². The van der Waals surface area contributed by atoms with Gasteiger partial charge in [-0.2, -0.15) is 0 Å². The molecule has 0 fully saturated rings. The van der Waals surface area contributed by atoms with Crippen LogP contribution in [-0.4, -0.2) is 23.2 Å². The molecule has 7 heteroatoms. The minimum atomic E-state index is -0.583. The van der Waals surface area contributed by atoms with Gasteiger partial charge in [-0.05, 0) is 18.2 Å². The number of urea groups is 1. The predicted molar refractivity (Wildman–Crippen MR) is 75.8 cm³/mol. The van der Waals surface area contributed by atoms with Crippen molar-refractivity contribution >= 4 is 17.4 Å². The van der Waals surface area contributed by atoms with Gasteiger partial charge >= 0.3 is 6.03 Å². The molecular formula is C14H14FN3O3. The molecule has 0 spiro atoms. The van der Waals surface area contributed by atoms with E-state index in [-0.39, 0.29) is 11.3 Å². The lowest BCUT2D eigenvalue weighted by atomic mass is 10.2. The van der Waals surface area contributed by atoms with Gasteiger partial charge in [0.05, 0.1) is 19.4 Å². The van der Waals surface area contributed by atoms with Gasteiger partial charge in [0.2, 0.25) is 5.88 Å². The average Bonchev–Trinajstić information content (AvgIpc) is 2.47. The van der Waals surface area contributed by atoms with Crippen LogP contribution >= 0.6 is 0 Å². The first-order valence-electron chi connectivity index (χ1n) is 6.10. The number of amides is 2. The van der Waals surface area contributed by atoms with Crippen LogP contribution in [0.15, 0.2) is 36.5 Å². The molecule has 0 aliphatic carbocycles. The molecule has 1 aromatic carbocycles. The van der Waals surface area contributed by atoms with Crippen molar-refractivity contribution in [1.82, 2.24) is 4.98 Å². The standard InChI is InChI=1S/C14H14FN3O3/c1-21-13-7-9(5-6-16-13)17-14(20)18-12-4-2-3-11(15)10(12)8-19/h2-7,19H,8H2,1H3,(H2,16,17,18,20). The number of halogens is 1. The summed E-state index contributed by atoms with van der Waals surface area (Å²) in [7, 11) is 1.46. The van der Waals surface area contributed by atoms with Crippen LogP contribution in [0, 0.1) is 5.82 Å². The molecule has 0 radical (unpaired) electrons. The number of ether oxygens (including phenoxy) is 1. The fourth-order valence-corrected chi connectivity index (χ4v) is 1.72. The SMILES string of the molecule is COc1cc(NC(=O)Nc2cccc(F)c2CO)ccn1. The number of aliphatic hydroxyl groups excluding tert-OH is 1. The van der Waals surface area contributed by atoms with E-state index >= 15 is 0 Å². The van der Waals surface area contributed by atoms with Gasteiger partial charge in [-0.15, -0.1) is 0 Å². The van der Waals surface area contributed by atoms with E-state index in [4.69, 9.17) is 9.84 Å². The van der Waals surface area contributed by atoms with E-state index in [1.807, 2.05) is 0 Å². The Hall–Kier alpha value is -2.67. The third-order valence-electron chi connectivity index (χ3n) is 2.73. The highest BCUT2D eigenvalue weighted by Crippen LogP contribution is 2.19. The number of methoxy groups -OCH3 is 1. The quantitative estimate of drug-likeness (QED) is 0.807. The monoisotopic (exact) mass is 291 g/mol. The maximum atomic E-state index is 13.5. The van der Waals surface area contributed by atoms with Crippen molar-refractivity contribution in [2.75, 3.05) is 17.7 Å². The maximum absolute atomic E-state index is 13.5. The van der Waals surface area contributed by atoms with Gasteiger partial charge in [0.1, 0.15) is 5.82 Å². The molecule has 2 rings (SSSR count). The molecule has 6 nitrogen and oxygen atoms in total. The largest absolute Gasteiger partial charge is 0.481 e. The first kappa shape index (κ1) is 14.7. The molecule has 0 aliphatic rings. The summed E-state index contributed by atoms with van der Waals surface area (Å²) in [5.41, 5.74) is 0.706. The summed E-state index contributed by atoms with van der Waals surface area (Å²) in [5.74, 6) is -0.226. The summed E-state index contributed by atoms with van der Waals surface area (Å²) >= 11 is 0. The Morgan fingerprint density at radius 2 is 2.19 bits per heavy atom. The second-order valence-corrected chi connectivity index (χ2v) is 4.09. The van der Waals surface area contributed by atoms with Gasteiger partial charge in [-0.1, -0.05) is 6.07 Å². The summed E-state index contributed by atoms with van der Waals surface area (Å²) in [4.78, 5) is 15.8. The fourth-order valence-electron chi connectivity index (χ4n) is 1.72. The molecule has 110 valence electrons. The average molecular weight is 291 g/mol. The molecule has 0 saturated carbocycles. The van der Waals surface area contributed by atoms with Gasteiger partial charge < -0.3 is 20.5 Å². The summed E-state index contributed by atoms with van der Waals surface area (Å²) in [6, 6.07) is 6.71. The van der Waals surface area contributed by atoms with Crippen LogP contribution < -0.4 is 15.4 Å². The number of rotatable bonds is 4. The number of pyridine rings is 1. The molecule has 3 N–H and O–H groups in total. The first-order valence-corrected chi connectivity index (χ1v) is 6.10. The van der Waals surface area contributed by atoms with E-state index in [0.717, 1.165) is 0 Å². The second-order valence-electron chi connectivity index (χ2n) is 4.09. The number of aromatic nitrogens is 1. The third-order valence-corrected chi connectivity index (χ3v) is 2.73. The zero-order valence-electron chi connectivity index (χ0n) is 11.3. The number of carbonyl (C=O) groups excluding carboxylic acids is 1. The van der Waals surface area contributed by atoms with Crippen LogP contribution in [0.25, 0.3) is 0 Å². The number of hydrogen-bond donors (Lipinski definition) is 3. The van der Waals surface area contributed by atoms with Gasteiger partial charge in [0.15, 0.2) is 0 Å². The third kappa shape index (κ3) is 3.67. The lowest BCUT2D eigenvalue weighted by Crippen LogP contribution is -2.20. The number of nitrogens with one attached hydrogen (secondary N) is 2. The number of hydrogen-bond acceptors (Lipinski definition) is 4. The summed E-state index contributed by atoms with van der Waals surface area (Å²) in [5, 5.41) is 14.2. The van der Waals surface area contributed by atoms with Crippen molar-refractivity contribution in [3.8, 4) is 5.88 Å². The van der Waals surface area contributed by atoms with Crippen molar-refractivity contribution in [3.63, 3.8) is 0 Å². The van der Waals surface area contributed by atoms with Gasteiger partial charge in [-0.3, -0.25) is 0 Å². The highest BCUT2D eigenvalue weighted by Gasteiger charge is 2.10. The van der Waals surface area contributed by atoms with Crippen molar-refractivity contribution in [2.24, 2.45) is 0 Å². The van der Waals surface area contributed by atoms with Crippen LogP contribution in [-0.2, 0) is 6.61 Å². The van der Waals surface area contributed by atoms with Crippen LogP contribution in [0.5, 0.6) is 5.88 Å². The minimum Gasteiger partial charge on any atom is -0.481 e. The predicted octanol–water partition coefficient (Wildman–Crippen LogP) is 2.37. The first-order chi connectivity index (χ1) is 10.1. The fraction of sp³-hybridized carbons (Fsp3) is 0.143. The van der Waals surface area contributed by atoms with Crippen LogP contribution in [0.2, 0.25) is 0 Å². The normalized spacial score (nSPS) is 10.0. The smallest absolute Gasteiger partial charge is 0.323 e. The number of carbonyl (C=O) groups is 1. The van der Waals surface area contributed by atoms with E-state index in [1.54, 1.807) is 6.07 Å². The Morgan fingerprint density at radius 3 is 2.90 bits per heavy atom. The Balaban J connectivity index is 2.10. The molecular weight excluding hydrogens is 277 g/mol. The Kier molecular flexibility index (Phi) is 4.68. The van der Waals surface area contributed by atoms with E-state index in [1.165, 1.54) is 37.6 Å². The van der Waals surface area contributed by atoms with Gasteiger partial charge in [0, 0.05) is 23.5 Å². The summed E-state index contributed by atoms with van der Waals surface area (Å²) < 4.78 is 18.4. The number of anilines is 2. The number of benzene rings is 1. The van der Waals surface area contributed by atoms with Gasteiger partial charge in [0.25, 0.3) is 0 Å². The van der Waals surface area contributed by atoms with Crippen molar-refractivity contribution in [3.05, 3.63) is 47.9 Å². The Labute approximate surface area is 120 Å². The second kappa shape index (κ2) is 6.67.